The van der Waals surface area contributed by atoms with E-state index < -0.39 is 0 Å². The molecule has 0 aliphatic heterocycles. The number of hydrogen-bond acceptors (Lipinski definition) is 3. The van der Waals surface area contributed by atoms with E-state index in [0.717, 1.165) is 11.1 Å². The third-order valence-corrected chi connectivity index (χ3v) is 2.61. The van der Waals surface area contributed by atoms with E-state index in [1.807, 2.05) is 19.3 Å². The van der Waals surface area contributed by atoms with E-state index in [9.17, 15) is 4.79 Å². The number of allylic oxidation sites excluding steroid dienone is 1. The smallest absolute Gasteiger partial charge is 0.337 e. The first-order valence-electron chi connectivity index (χ1n) is 6.04. The van der Waals surface area contributed by atoms with Crippen molar-refractivity contribution in [3.63, 3.8) is 0 Å². The van der Waals surface area contributed by atoms with Crippen LogP contribution in [0.5, 0.6) is 0 Å². The van der Waals surface area contributed by atoms with E-state index in [0.29, 0.717) is 5.56 Å². The van der Waals surface area contributed by atoms with Crippen LogP contribution in [0, 0.1) is 11.8 Å². The molecule has 1 aromatic carbocycles. The molecule has 0 saturated carbocycles. The van der Waals surface area contributed by atoms with Gasteiger partial charge >= 0.3 is 5.97 Å². The van der Waals surface area contributed by atoms with E-state index >= 15 is 0 Å². The molecule has 0 radical (unpaired) electrons. The van der Waals surface area contributed by atoms with Crippen LogP contribution in [0.25, 0.3) is 6.08 Å². The standard InChI is InChI=1S/C16H14N2O2/c1-18-12-14(11-17-18)6-4-3-5-13-7-9-15(10-8-13)16(19)20-2/h4,6-12H,1-2H3/b6-4+. The Kier molecular flexibility index (Phi) is 4.35. The lowest BCUT2D eigenvalue weighted by Gasteiger charge is -1.97. The Hall–Kier alpha value is -2.80. The van der Waals surface area contributed by atoms with E-state index in [2.05, 4.69) is 21.7 Å². The van der Waals surface area contributed by atoms with Gasteiger partial charge in [0, 0.05) is 24.4 Å². The van der Waals surface area contributed by atoms with E-state index in [4.69, 9.17) is 0 Å². The fraction of sp³-hybridized carbons (Fsp3) is 0.125. The molecular formula is C16H14N2O2. The molecule has 0 amide bonds. The zero-order valence-corrected chi connectivity index (χ0v) is 11.3. The molecule has 0 spiro atoms. The Morgan fingerprint density at radius 2 is 2.10 bits per heavy atom. The van der Waals surface area contributed by atoms with E-state index in [1.54, 1.807) is 41.2 Å². The van der Waals surface area contributed by atoms with Crippen molar-refractivity contribution in [1.29, 1.82) is 0 Å². The van der Waals surface area contributed by atoms with Crippen molar-refractivity contribution in [2.24, 2.45) is 7.05 Å². The number of benzene rings is 1. The van der Waals surface area contributed by atoms with Crippen LogP contribution in [-0.4, -0.2) is 22.9 Å². The molecule has 0 N–H and O–H groups in total. The minimum absolute atomic E-state index is 0.346. The minimum atomic E-state index is -0.346. The molecule has 4 heteroatoms. The Labute approximate surface area is 117 Å². The third kappa shape index (κ3) is 3.59. The summed E-state index contributed by atoms with van der Waals surface area (Å²) in [6.07, 6.45) is 7.33. The van der Waals surface area contributed by atoms with Crippen LogP contribution in [0.4, 0.5) is 0 Å². The van der Waals surface area contributed by atoms with Gasteiger partial charge < -0.3 is 4.74 Å². The van der Waals surface area contributed by atoms with Crippen LogP contribution in [0.3, 0.4) is 0 Å². The number of carbonyl (C=O) groups excluding carboxylic acids is 1. The third-order valence-electron chi connectivity index (χ3n) is 2.61. The largest absolute Gasteiger partial charge is 0.465 e. The highest BCUT2D eigenvalue weighted by molar-refractivity contribution is 5.89. The van der Waals surface area contributed by atoms with Crippen LogP contribution >= 0.6 is 0 Å². The van der Waals surface area contributed by atoms with Gasteiger partial charge in [0.2, 0.25) is 0 Å². The molecule has 1 aromatic heterocycles. The number of hydrogen-bond donors (Lipinski definition) is 0. The predicted molar refractivity (Wildman–Crippen MR) is 76.9 cm³/mol. The summed E-state index contributed by atoms with van der Waals surface area (Å²) in [5.74, 6) is 5.58. The Balaban J connectivity index is 2.02. The first-order valence-corrected chi connectivity index (χ1v) is 6.04. The number of ether oxygens (including phenoxy) is 1. The minimum Gasteiger partial charge on any atom is -0.465 e. The lowest BCUT2D eigenvalue weighted by Crippen LogP contribution is -2.00. The molecule has 0 aliphatic carbocycles. The second kappa shape index (κ2) is 6.39. The number of aryl methyl sites for hydroxylation is 1. The fourth-order valence-electron chi connectivity index (χ4n) is 1.60. The van der Waals surface area contributed by atoms with Gasteiger partial charge in [-0.3, -0.25) is 4.68 Å². The van der Waals surface area contributed by atoms with E-state index in [-0.39, 0.29) is 5.97 Å². The Bertz CT molecular complexity index is 685. The van der Waals surface area contributed by atoms with Gasteiger partial charge in [-0.15, -0.1) is 0 Å². The van der Waals surface area contributed by atoms with E-state index in [1.165, 1.54) is 7.11 Å². The molecule has 1 heterocycles. The average Bonchev–Trinajstić information content (AvgIpc) is 2.89. The number of esters is 1. The van der Waals surface area contributed by atoms with Crippen molar-refractivity contribution in [2.75, 3.05) is 7.11 Å². The van der Waals surface area contributed by atoms with Crippen molar-refractivity contribution < 1.29 is 9.53 Å². The molecule has 0 atom stereocenters. The quantitative estimate of drug-likeness (QED) is 0.618. The molecule has 2 aromatic rings. The molecule has 0 fully saturated rings. The first kappa shape index (κ1) is 13.6. The van der Waals surface area contributed by atoms with Crippen LogP contribution in [0.2, 0.25) is 0 Å². The van der Waals surface area contributed by atoms with Crippen LogP contribution < -0.4 is 0 Å². The van der Waals surface area contributed by atoms with Crippen LogP contribution in [0.1, 0.15) is 21.5 Å². The van der Waals surface area contributed by atoms with Crippen molar-refractivity contribution >= 4 is 12.0 Å². The number of nitrogens with zero attached hydrogens (tertiary/aromatic N) is 2. The fourth-order valence-corrected chi connectivity index (χ4v) is 1.60. The van der Waals surface area contributed by atoms with Gasteiger partial charge in [-0.2, -0.15) is 5.10 Å². The van der Waals surface area contributed by atoms with Gasteiger partial charge in [0.1, 0.15) is 0 Å². The van der Waals surface area contributed by atoms with Crippen molar-refractivity contribution in [1.82, 2.24) is 9.78 Å². The van der Waals surface area contributed by atoms with Gasteiger partial charge in [0.15, 0.2) is 0 Å². The molecule has 0 unspecified atom stereocenters. The number of carbonyl (C=O) groups is 1. The van der Waals surface area contributed by atoms with Crippen molar-refractivity contribution in [3.05, 3.63) is 59.4 Å². The van der Waals surface area contributed by atoms with Crippen molar-refractivity contribution in [2.45, 2.75) is 0 Å². The van der Waals surface area contributed by atoms with Crippen LogP contribution in [-0.2, 0) is 11.8 Å². The lowest BCUT2D eigenvalue weighted by atomic mass is 10.1. The summed E-state index contributed by atoms with van der Waals surface area (Å²) in [4.78, 5) is 11.3. The Morgan fingerprint density at radius 1 is 1.35 bits per heavy atom. The number of methoxy groups -OCH3 is 1. The van der Waals surface area contributed by atoms with Gasteiger partial charge in [-0.25, -0.2) is 4.79 Å². The highest BCUT2D eigenvalue weighted by atomic mass is 16.5. The maximum Gasteiger partial charge on any atom is 0.337 e. The van der Waals surface area contributed by atoms with Gasteiger partial charge in [-0.1, -0.05) is 11.8 Å². The normalized spacial score (nSPS) is 10.1. The van der Waals surface area contributed by atoms with Crippen molar-refractivity contribution in [3.8, 4) is 11.8 Å². The average molecular weight is 266 g/mol. The number of rotatable bonds is 2. The molecule has 4 nitrogen and oxygen atoms in total. The summed E-state index contributed by atoms with van der Waals surface area (Å²) in [5.41, 5.74) is 2.36. The van der Waals surface area contributed by atoms with Gasteiger partial charge in [0.05, 0.1) is 18.9 Å². The maximum atomic E-state index is 11.3. The highest BCUT2D eigenvalue weighted by Crippen LogP contribution is 2.04. The van der Waals surface area contributed by atoms with Gasteiger partial charge in [0.25, 0.3) is 0 Å². The SMILES string of the molecule is COC(=O)c1ccc(C#C/C=C/c2cnn(C)c2)cc1. The summed E-state index contributed by atoms with van der Waals surface area (Å²) in [6.45, 7) is 0. The predicted octanol–water partition coefficient (Wildman–Crippen LogP) is 2.27. The molecule has 20 heavy (non-hydrogen) atoms. The second-order valence-electron chi connectivity index (χ2n) is 4.12. The van der Waals surface area contributed by atoms with Crippen LogP contribution in [0.15, 0.2) is 42.7 Å². The zero-order valence-electron chi connectivity index (χ0n) is 11.3. The molecule has 0 bridgehead atoms. The molecular weight excluding hydrogens is 252 g/mol. The summed E-state index contributed by atoms with van der Waals surface area (Å²) < 4.78 is 6.37. The molecule has 2 rings (SSSR count). The van der Waals surface area contributed by atoms with Gasteiger partial charge in [-0.05, 0) is 36.4 Å². The summed E-state index contributed by atoms with van der Waals surface area (Å²) in [7, 11) is 3.23. The number of aromatic nitrogens is 2. The zero-order chi connectivity index (χ0) is 14.4. The summed E-state index contributed by atoms with van der Waals surface area (Å²) >= 11 is 0. The molecule has 100 valence electrons. The lowest BCUT2D eigenvalue weighted by molar-refractivity contribution is 0.0601. The monoisotopic (exact) mass is 266 g/mol. The summed E-state index contributed by atoms with van der Waals surface area (Å²) in [5, 5.41) is 4.06. The summed E-state index contributed by atoms with van der Waals surface area (Å²) in [6, 6.07) is 6.97. The molecule has 0 aliphatic rings. The topological polar surface area (TPSA) is 44.1 Å². The Morgan fingerprint density at radius 3 is 2.70 bits per heavy atom. The first-order chi connectivity index (χ1) is 9.69. The molecule has 0 saturated heterocycles. The second-order valence-corrected chi connectivity index (χ2v) is 4.12. The highest BCUT2D eigenvalue weighted by Gasteiger charge is 2.02. The maximum absolute atomic E-state index is 11.3.